The summed E-state index contributed by atoms with van der Waals surface area (Å²) < 4.78 is 47.3. The van der Waals surface area contributed by atoms with Crippen LogP contribution in [0, 0.1) is 0 Å². The minimum absolute atomic E-state index is 0.0333. The van der Waals surface area contributed by atoms with Crippen molar-refractivity contribution in [3.63, 3.8) is 0 Å². The van der Waals surface area contributed by atoms with Crippen molar-refractivity contribution < 1.29 is 27.4 Å². The van der Waals surface area contributed by atoms with Crippen molar-refractivity contribution in [1.29, 1.82) is 0 Å². The van der Waals surface area contributed by atoms with Crippen molar-refractivity contribution >= 4 is 23.5 Å². The lowest BCUT2D eigenvalue weighted by molar-refractivity contribution is -0.144. The Balaban J connectivity index is 2.24. The van der Waals surface area contributed by atoms with Gasteiger partial charge in [0.15, 0.2) is 11.5 Å². The molecule has 2 rings (SSSR count). The van der Waals surface area contributed by atoms with Crippen LogP contribution in [-0.4, -0.2) is 35.3 Å². The molecule has 0 aliphatic carbocycles. The molecule has 0 unspecified atom stereocenters. The quantitative estimate of drug-likeness (QED) is 0.885. The van der Waals surface area contributed by atoms with E-state index in [0.29, 0.717) is 0 Å². The van der Waals surface area contributed by atoms with Gasteiger partial charge < -0.3 is 9.47 Å². The van der Waals surface area contributed by atoms with E-state index in [1.165, 1.54) is 26.4 Å². The standard InChI is InChI=1S/C12H10ClF3N4O3/c1-22-7-4-5(3-6(13)8(7)23-2)9(21)17-11-18-10(19-20-11)12(14,15)16/h3-4H,1-2H3,(H2,17,18,19,20,21). The van der Waals surface area contributed by atoms with E-state index in [-0.39, 0.29) is 22.1 Å². The van der Waals surface area contributed by atoms with E-state index in [1.807, 2.05) is 0 Å². The number of H-pyrrole nitrogens is 1. The number of alkyl halides is 3. The van der Waals surface area contributed by atoms with Crippen molar-refractivity contribution in [2.24, 2.45) is 0 Å². The Labute approximate surface area is 132 Å². The number of aromatic nitrogens is 3. The molecule has 0 spiro atoms. The predicted octanol–water partition coefficient (Wildman–Crippen LogP) is 2.75. The molecule has 0 fully saturated rings. The molecule has 0 saturated heterocycles. The van der Waals surface area contributed by atoms with Crippen molar-refractivity contribution in [2.45, 2.75) is 6.18 Å². The number of methoxy groups -OCH3 is 2. The monoisotopic (exact) mass is 350 g/mol. The van der Waals surface area contributed by atoms with Crippen molar-refractivity contribution in [3.8, 4) is 11.5 Å². The number of halogens is 4. The molecular formula is C12H10ClF3N4O3. The number of carbonyl (C=O) groups excluding carboxylic acids is 1. The number of aromatic amines is 1. The molecule has 0 aliphatic rings. The van der Waals surface area contributed by atoms with Crippen LogP contribution in [0.5, 0.6) is 11.5 Å². The van der Waals surface area contributed by atoms with Gasteiger partial charge in [0, 0.05) is 5.56 Å². The highest BCUT2D eigenvalue weighted by atomic mass is 35.5. The minimum atomic E-state index is -4.69. The lowest BCUT2D eigenvalue weighted by atomic mass is 10.2. The number of nitrogens with one attached hydrogen (secondary N) is 2. The van der Waals surface area contributed by atoms with Gasteiger partial charge in [0.1, 0.15) is 0 Å². The van der Waals surface area contributed by atoms with E-state index in [1.54, 1.807) is 5.10 Å². The Morgan fingerprint density at radius 1 is 1.30 bits per heavy atom. The number of carbonyl (C=O) groups is 1. The second-order valence-corrected chi connectivity index (χ2v) is 4.56. The molecule has 11 heteroatoms. The molecule has 23 heavy (non-hydrogen) atoms. The molecular weight excluding hydrogens is 341 g/mol. The second kappa shape index (κ2) is 6.32. The molecule has 7 nitrogen and oxygen atoms in total. The second-order valence-electron chi connectivity index (χ2n) is 4.15. The van der Waals surface area contributed by atoms with Crippen LogP contribution < -0.4 is 14.8 Å². The smallest absolute Gasteiger partial charge is 0.451 e. The third-order valence-corrected chi connectivity index (χ3v) is 2.96. The molecule has 0 radical (unpaired) electrons. The zero-order valence-corrected chi connectivity index (χ0v) is 12.5. The first-order valence-electron chi connectivity index (χ1n) is 5.98. The third kappa shape index (κ3) is 3.65. The number of anilines is 1. The zero-order valence-electron chi connectivity index (χ0n) is 11.8. The van der Waals surface area contributed by atoms with Crippen molar-refractivity contribution in [1.82, 2.24) is 15.2 Å². The molecule has 0 aliphatic heterocycles. The maximum atomic E-state index is 12.4. The van der Waals surface area contributed by atoms with Gasteiger partial charge in [-0.2, -0.15) is 18.2 Å². The number of hydrogen-bond acceptors (Lipinski definition) is 5. The van der Waals surface area contributed by atoms with Crippen LogP contribution in [0.1, 0.15) is 16.2 Å². The van der Waals surface area contributed by atoms with Crippen molar-refractivity contribution in [2.75, 3.05) is 19.5 Å². The van der Waals surface area contributed by atoms with Gasteiger partial charge in [-0.3, -0.25) is 15.2 Å². The lowest BCUT2D eigenvalue weighted by Crippen LogP contribution is -2.14. The van der Waals surface area contributed by atoms with Gasteiger partial charge in [0.25, 0.3) is 5.91 Å². The number of benzene rings is 1. The largest absolute Gasteiger partial charge is 0.493 e. The number of ether oxygens (including phenoxy) is 2. The fourth-order valence-electron chi connectivity index (χ4n) is 1.67. The fraction of sp³-hybridized carbons (Fsp3) is 0.250. The topological polar surface area (TPSA) is 89.1 Å². The molecule has 2 aromatic rings. The van der Waals surface area contributed by atoms with E-state index >= 15 is 0 Å². The first-order chi connectivity index (χ1) is 10.8. The fourth-order valence-corrected chi connectivity index (χ4v) is 1.96. The van der Waals surface area contributed by atoms with E-state index in [9.17, 15) is 18.0 Å². The lowest BCUT2D eigenvalue weighted by Gasteiger charge is -2.11. The molecule has 1 amide bonds. The Hall–Kier alpha value is -2.49. The molecule has 0 atom stereocenters. The van der Waals surface area contributed by atoms with Gasteiger partial charge in [0.05, 0.1) is 19.2 Å². The molecule has 2 N–H and O–H groups in total. The summed E-state index contributed by atoms with van der Waals surface area (Å²) in [4.78, 5) is 15.2. The minimum Gasteiger partial charge on any atom is -0.493 e. The molecule has 1 heterocycles. The van der Waals surface area contributed by atoms with Gasteiger partial charge >= 0.3 is 6.18 Å². The Bertz CT molecular complexity index is 733. The first-order valence-corrected chi connectivity index (χ1v) is 6.36. The van der Waals surface area contributed by atoms with Crippen LogP contribution in [-0.2, 0) is 6.18 Å². The van der Waals surface area contributed by atoms with Crippen LogP contribution in [0.2, 0.25) is 5.02 Å². The van der Waals surface area contributed by atoms with Crippen LogP contribution in [0.15, 0.2) is 12.1 Å². The number of amides is 1. The van der Waals surface area contributed by atoms with Gasteiger partial charge in [-0.05, 0) is 12.1 Å². The zero-order chi connectivity index (χ0) is 17.2. The Morgan fingerprint density at radius 3 is 2.52 bits per heavy atom. The normalized spacial score (nSPS) is 11.2. The third-order valence-electron chi connectivity index (χ3n) is 2.68. The van der Waals surface area contributed by atoms with Crippen LogP contribution in [0.4, 0.5) is 19.1 Å². The summed E-state index contributed by atoms with van der Waals surface area (Å²) in [5.74, 6) is -2.19. The van der Waals surface area contributed by atoms with Gasteiger partial charge in [-0.1, -0.05) is 11.6 Å². The maximum Gasteiger partial charge on any atom is 0.451 e. The highest BCUT2D eigenvalue weighted by Crippen LogP contribution is 2.36. The predicted molar refractivity (Wildman–Crippen MR) is 73.9 cm³/mol. The van der Waals surface area contributed by atoms with Gasteiger partial charge in [-0.15, -0.1) is 5.10 Å². The summed E-state index contributed by atoms with van der Waals surface area (Å²) in [6.07, 6.45) is -4.69. The van der Waals surface area contributed by atoms with E-state index < -0.39 is 23.9 Å². The average Bonchev–Trinajstić information content (AvgIpc) is 2.94. The van der Waals surface area contributed by atoms with E-state index in [0.717, 1.165) is 0 Å². The summed E-state index contributed by atoms with van der Waals surface area (Å²) in [7, 11) is 2.72. The molecule has 1 aromatic heterocycles. The number of hydrogen-bond donors (Lipinski definition) is 2. The average molecular weight is 351 g/mol. The van der Waals surface area contributed by atoms with Crippen LogP contribution in [0.3, 0.4) is 0 Å². The van der Waals surface area contributed by atoms with Crippen LogP contribution >= 0.6 is 11.6 Å². The SMILES string of the molecule is COc1cc(C(=O)Nc2n[nH]c(C(F)(F)F)n2)cc(Cl)c1OC. The van der Waals surface area contributed by atoms with Gasteiger partial charge in [-0.25, -0.2) is 0 Å². The van der Waals surface area contributed by atoms with E-state index in [2.05, 4.69) is 15.4 Å². The summed E-state index contributed by atoms with van der Waals surface area (Å²) in [6.45, 7) is 0. The van der Waals surface area contributed by atoms with Crippen LogP contribution in [0.25, 0.3) is 0 Å². The molecule has 0 saturated carbocycles. The summed E-state index contributed by atoms with van der Waals surface area (Å²) in [6, 6.07) is 2.59. The van der Waals surface area contributed by atoms with Gasteiger partial charge in [0.2, 0.25) is 11.8 Å². The first kappa shape index (κ1) is 16.9. The summed E-state index contributed by atoms with van der Waals surface area (Å²) in [5.41, 5.74) is 0.0333. The van der Waals surface area contributed by atoms with E-state index in [4.69, 9.17) is 21.1 Å². The Morgan fingerprint density at radius 2 is 2.00 bits per heavy atom. The summed E-state index contributed by atoms with van der Waals surface area (Å²) in [5, 5.41) is 7.17. The molecule has 124 valence electrons. The van der Waals surface area contributed by atoms with Crippen molar-refractivity contribution in [3.05, 3.63) is 28.5 Å². The number of rotatable bonds is 4. The maximum absolute atomic E-state index is 12.4. The highest BCUT2D eigenvalue weighted by Gasteiger charge is 2.35. The highest BCUT2D eigenvalue weighted by molar-refractivity contribution is 6.32. The molecule has 0 bridgehead atoms. The number of nitrogens with zero attached hydrogens (tertiary/aromatic N) is 2. The molecule has 1 aromatic carbocycles. The summed E-state index contributed by atoms with van der Waals surface area (Å²) >= 11 is 5.95. The Kier molecular flexibility index (Phi) is 4.64.